The first-order chi connectivity index (χ1) is 9.76. The molecule has 0 fully saturated rings. The van der Waals surface area contributed by atoms with Crippen LogP contribution in [0.25, 0.3) is 0 Å². The van der Waals surface area contributed by atoms with Crippen molar-refractivity contribution in [3.63, 3.8) is 0 Å². The molecule has 1 aromatic carbocycles. The molecule has 1 aliphatic rings. The van der Waals surface area contributed by atoms with Crippen molar-refractivity contribution in [2.45, 2.75) is 39.2 Å². The molecular formula is C17H22N2S. The Bertz CT molecular complexity index is 551. The van der Waals surface area contributed by atoms with E-state index in [4.69, 9.17) is 0 Å². The normalized spacial score (nSPS) is 16.3. The van der Waals surface area contributed by atoms with Gasteiger partial charge < -0.3 is 5.32 Å². The van der Waals surface area contributed by atoms with Gasteiger partial charge in [-0.15, -0.1) is 11.3 Å². The average Bonchev–Trinajstić information content (AvgIpc) is 3.04. The number of rotatable bonds is 5. The van der Waals surface area contributed by atoms with E-state index in [0.29, 0.717) is 12.0 Å². The minimum Gasteiger partial charge on any atom is -0.314 e. The maximum absolute atomic E-state index is 4.63. The summed E-state index contributed by atoms with van der Waals surface area (Å²) in [6, 6.07) is 9.43. The van der Waals surface area contributed by atoms with Gasteiger partial charge in [-0.25, -0.2) is 4.98 Å². The van der Waals surface area contributed by atoms with Crippen molar-refractivity contribution in [2.75, 3.05) is 6.54 Å². The molecule has 1 aromatic heterocycles. The van der Waals surface area contributed by atoms with Gasteiger partial charge in [-0.05, 0) is 43.4 Å². The Balaban J connectivity index is 1.72. The van der Waals surface area contributed by atoms with Gasteiger partial charge in [-0.1, -0.05) is 31.2 Å². The molecule has 1 atom stereocenters. The third-order valence-electron chi connectivity index (χ3n) is 4.18. The second-order valence-corrected chi connectivity index (χ2v) is 6.63. The van der Waals surface area contributed by atoms with Gasteiger partial charge in [-0.3, -0.25) is 0 Å². The highest BCUT2D eigenvalue weighted by Crippen LogP contribution is 2.30. The zero-order chi connectivity index (χ0) is 13.9. The van der Waals surface area contributed by atoms with Crippen LogP contribution in [0, 0.1) is 12.8 Å². The molecule has 1 unspecified atom stereocenters. The zero-order valence-electron chi connectivity index (χ0n) is 12.2. The summed E-state index contributed by atoms with van der Waals surface area (Å²) in [6.45, 7) is 5.30. The molecule has 3 heteroatoms. The smallest absolute Gasteiger partial charge is 0.0943 e. The second kappa shape index (κ2) is 6.06. The Kier molecular flexibility index (Phi) is 4.18. The molecule has 2 aromatic rings. The van der Waals surface area contributed by atoms with Gasteiger partial charge >= 0.3 is 0 Å². The van der Waals surface area contributed by atoms with E-state index in [0.717, 1.165) is 18.7 Å². The summed E-state index contributed by atoms with van der Waals surface area (Å²) in [4.78, 5) is 4.63. The van der Waals surface area contributed by atoms with Crippen LogP contribution >= 0.6 is 11.3 Å². The summed E-state index contributed by atoms with van der Waals surface area (Å²) in [5.74, 6) is 0.705. The maximum atomic E-state index is 4.63. The van der Waals surface area contributed by atoms with Gasteiger partial charge in [0.25, 0.3) is 0 Å². The van der Waals surface area contributed by atoms with Crippen molar-refractivity contribution in [3.8, 4) is 0 Å². The Morgan fingerprint density at radius 2 is 2.00 bits per heavy atom. The zero-order valence-corrected chi connectivity index (χ0v) is 13.0. The van der Waals surface area contributed by atoms with Crippen LogP contribution in [0.5, 0.6) is 0 Å². The molecule has 0 saturated carbocycles. The van der Waals surface area contributed by atoms with E-state index >= 15 is 0 Å². The van der Waals surface area contributed by atoms with Crippen LogP contribution in [-0.4, -0.2) is 17.6 Å². The lowest BCUT2D eigenvalue weighted by Gasteiger charge is -2.23. The molecule has 2 nitrogen and oxygen atoms in total. The quantitative estimate of drug-likeness (QED) is 0.911. The highest BCUT2D eigenvalue weighted by Gasteiger charge is 2.28. The standard InChI is InChI=1S/C17H22N2S/c1-3-18-16(10-17-19-12(2)11-20-17)15-8-13-6-4-5-7-14(13)9-15/h4-7,11,15-16,18H,3,8-10H2,1-2H3. The first kappa shape index (κ1) is 13.8. The van der Waals surface area contributed by atoms with E-state index in [-0.39, 0.29) is 0 Å². The van der Waals surface area contributed by atoms with Crippen LogP contribution in [0.1, 0.15) is 28.8 Å². The van der Waals surface area contributed by atoms with Crippen molar-refractivity contribution < 1.29 is 0 Å². The number of nitrogens with zero attached hydrogens (tertiary/aromatic N) is 1. The number of benzene rings is 1. The van der Waals surface area contributed by atoms with Crippen LogP contribution < -0.4 is 5.32 Å². The summed E-state index contributed by atoms with van der Waals surface area (Å²) < 4.78 is 0. The number of aryl methyl sites for hydroxylation is 1. The number of likely N-dealkylation sites (N-methyl/N-ethyl adjacent to an activating group) is 1. The predicted molar refractivity (Wildman–Crippen MR) is 85.4 cm³/mol. The van der Waals surface area contributed by atoms with Gasteiger partial charge in [0.15, 0.2) is 0 Å². The molecule has 1 N–H and O–H groups in total. The van der Waals surface area contributed by atoms with Gasteiger partial charge in [0, 0.05) is 23.5 Å². The van der Waals surface area contributed by atoms with Gasteiger partial charge in [-0.2, -0.15) is 0 Å². The summed E-state index contributed by atoms with van der Waals surface area (Å²) in [7, 11) is 0. The van der Waals surface area contributed by atoms with E-state index in [1.807, 2.05) is 0 Å². The Morgan fingerprint density at radius 1 is 1.30 bits per heavy atom. The number of hydrogen-bond donors (Lipinski definition) is 1. The number of aromatic nitrogens is 1. The first-order valence-electron chi connectivity index (χ1n) is 7.47. The molecule has 1 aliphatic carbocycles. The molecule has 0 amide bonds. The van der Waals surface area contributed by atoms with Gasteiger partial charge in [0.1, 0.15) is 0 Å². The van der Waals surface area contributed by atoms with E-state index in [9.17, 15) is 0 Å². The molecule has 0 aliphatic heterocycles. The van der Waals surface area contributed by atoms with E-state index in [1.54, 1.807) is 11.3 Å². The monoisotopic (exact) mass is 286 g/mol. The lowest BCUT2D eigenvalue weighted by molar-refractivity contribution is 0.367. The largest absolute Gasteiger partial charge is 0.314 e. The van der Waals surface area contributed by atoms with Crippen molar-refractivity contribution >= 4 is 11.3 Å². The van der Waals surface area contributed by atoms with Crippen LogP contribution in [0.3, 0.4) is 0 Å². The SMILES string of the molecule is CCNC(Cc1nc(C)cs1)C1Cc2ccccc2C1. The van der Waals surface area contributed by atoms with Crippen molar-refractivity contribution in [3.05, 3.63) is 51.5 Å². The average molecular weight is 286 g/mol. The van der Waals surface area contributed by atoms with Crippen LogP contribution in [0.4, 0.5) is 0 Å². The minimum atomic E-state index is 0.540. The topological polar surface area (TPSA) is 24.9 Å². The molecule has 0 bridgehead atoms. The number of thiazole rings is 1. The molecular weight excluding hydrogens is 264 g/mol. The summed E-state index contributed by atoms with van der Waals surface area (Å²) in [5.41, 5.74) is 4.22. The van der Waals surface area contributed by atoms with Crippen LogP contribution in [0.15, 0.2) is 29.6 Å². The number of nitrogens with one attached hydrogen (secondary N) is 1. The van der Waals surface area contributed by atoms with Crippen molar-refractivity contribution in [2.24, 2.45) is 5.92 Å². The fourth-order valence-electron chi connectivity index (χ4n) is 3.23. The minimum absolute atomic E-state index is 0.540. The summed E-state index contributed by atoms with van der Waals surface area (Å²) in [5, 5.41) is 7.11. The fraction of sp³-hybridized carbons (Fsp3) is 0.471. The van der Waals surface area contributed by atoms with E-state index < -0.39 is 0 Å². The third kappa shape index (κ3) is 2.94. The summed E-state index contributed by atoms with van der Waals surface area (Å²) in [6.07, 6.45) is 3.47. The Hall–Kier alpha value is -1.19. The number of fused-ring (bicyclic) bond motifs is 1. The maximum Gasteiger partial charge on any atom is 0.0943 e. The molecule has 0 radical (unpaired) electrons. The van der Waals surface area contributed by atoms with Crippen LogP contribution in [0.2, 0.25) is 0 Å². The lowest BCUT2D eigenvalue weighted by Crippen LogP contribution is -2.38. The second-order valence-electron chi connectivity index (χ2n) is 5.69. The predicted octanol–water partition coefficient (Wildman–Crippen LogP) is 3.39. The molecule has 0 saturated heterocycles. The Morgan fingerprint density at radius 3 is 2.55 bits per heavy atom. The molecule has 0 spiro atoms. The first-order valence-corrected chi connectivity index (χ1v) is 8.35. The Labute approximate surface area is 125 Å². The highest BCUT2D eigenvalue weighted by molar-refractivity contribution is 7.09. The fourth-order valence-corrected chi connectivity index (χ4v) is 4.06. The molecule has 1 heterocycles. The van der Waals surface area contributed by atoms with E-state index in [2.05, 4.69) is 53.8 Å². The molecule has 20 heavy (non-hydrogen) atoms. The van der Waals surface area contributed by atoms with Crippen molar-refractivity contribution in [1.29, 1.82) is 0 Å². The van der Waals surface area contributed by atoms with Gasteiger partial charge in [0.2, 0.25) is 0 Å². The third-order valence-corrected chi connectivity index (χ3v) is 5.17. The number of hydrogen-bond acceptors (Lipinski definition) is 3. The molecule has 3 rings (SSSR count). The van der Waals surface area contributed by atoms with E-state index in [1.165, 1.54) is 29.0 Å². The summed E-state index contributed by atoms with van der Waals surface area (Å²) >= 11 is 1.80. The van der Waals surface area contributed by atoms with Crippen molar-refractivity contribution in [1.82, 2.24) is 10.3 Å². The highest BCUT2D eigenvalue weighted by atomic mass is 32.1. The molecule has 106 valence electrons. The van der Waals surface area contributed by atoms with Crippen LogP contribution in [-0.2, 0) is 19.3 Å². The van der Waals surface area contributed by atoms with Gasteiger partial charge in [0.05, 0.1) is 5.01 Å². The lowest BCUT2D eigenvalue weighted by atomic mass is 9.94.